The van der Waals surface area contributed by atoms with Gasteiger partial charge in [0, 0.05) is 12.6 Å². The van der Waals surface area contributed by atoms with E-state index in [1.807, 2.05) is 57.2 Å². The Balaban J connectivity index is 0.000000205. The van der Waals surface area contributed by atoms with E-state index in [1.165, 1.54) is 47.6 Å². The van der Waals surface area contributed by atoms with Gasteiger partial charge in [-0.3, -0.25) is 14.5 Å². The summed E-state index contributed by atoms with van der Waals surface area (Å²) in [6.45, 7) is 21.7. The summed E-state index contributed by atoms with van der Waals surface area (Å²) in [7, 11) is -7.99. The van der Waals surface area contributed by atoms with E-state index in [0.29, 0.717) is 35.9 Å². The zero-order chi connectivity index (χ0) is 54.8. The first-order chi connectivity index (χ1) is 35.5. The zero-order valence-electron chi connectivity index (χ0n) is 45.3. The number of carbonyl (C=O) groups excluding carboxylic acids is 4. The van der Waals surface area contributed by atoms with E-state index >= 15 is 0 Å². The van der Waals surface area contributed by atoms with Gasteiger partial charge >= 0.3 is 18.0 Å². The summed E-state index contributed by atoms with van der Waals surface area (Å²) in [6.07, 6.45) is 7.11. The van der Waals surface area contributed by atoms with Crippen LogP contribution < -0.4 is 0 Å². The van der Waals surface area contributed by atoms with Crippen LogP contribution in [0.2, 0.25) is 0 Å². The van der Waals surface area contributed by atoms with Crippen molar-refractivity contribution in [2.45, 2.75) is 154 Å². The van der Waals surface area contributed by atoms with Crippen LogP contribution in [0.5, 0.6) is 0 Å². The number of nitrogens with zero attached hydrogens (tertiary/aromatic N) is 4. The minimum Gasteiger partial charge on any atom is -0.461 e. The summed E-state index contributed by atoms with van der Waals surface area (Å²) in [5, 5.41) is 0. The Morgan fingerprint density at radius 2 is 1.04 bits per heavy atom. The molecule has 2 heterocycles. The molecule has 1 unspecified atom stereocenters. The molecular weight excluding hydrogens is 989 g/mol. The van der Waals surface area contributed by atoms with Crippen LogP contribution >= 0.6 is 0 Å². The number of hydrogen-bond acceptors (Lipinski definition) is 11. The summed E-state index contributed by atoms with van der Waals surface area (Å²) in [6, 6.07) is 30.2. The van der Waals surface area contributed by atoms with Crippen LogP contribution in [0.25, 0.3) is 0 Å². The third kappa shape index (κ3) is 15.0. The molecule has 406 valence electrons. The number of urea groups is 1. The highest BCUT2D eigenvalue weighted by Crippen LogP contribution is 2.40. The van der Waals surface area contributed by atoms with Crippen LogP contribution in [0.3, 0.4) is 0 Å². The van der Waals surface area contributed by atoms with Gasteiger partial charge in [0.25, 0.3) is 20.0 Å². The van der Waals surface area contributed by atoms with Crippen LogP contribution in [0, 0.1) is 49.4 Å². The molecule has 0 bridgehead atoms. The van der Waals surface area contributed by atoms with Gasteiger partial charge in [-0.1, -0.05) is 150 Å². The van der Waals surface area contributed by atoms with Crippen molar-refractivity contribution >= 4 is 50.5 Å². The smallest absolute Gasteiger partial charge is 0.335 e. The third-order valence-electron chi connectivity index (χ3n) is 15.4. The lowest BCUT2D eigenvalue weighted by molar-refractivity contribution is -0.159. The molecule has 4 aliphatic rings. The molecule has 2 aliphatic carbocycles. The minimum absolute atomic E-state index is 0.0115. The number of aldehydes is 1. The number of carbonyl (C=O) groups is 4. The molecular formula is C59H78N4O10S2. The molecule has 11 atom stereocenters. The standard InChI is InChI=1S/C29H38N2O5S.C21H31NO2.C9H9NO3S/c1-19(2)25-16-13-21(4)17-27(25)36-28(32)26-18-30(22(5)23-9-7-6-8-10-23)29(33)31(26)37(34,35)24-14-11-20(3)12-15-24;1-14(2)18-11-10-15(3)12-20(18)24-21(23)19-13-22(19)16(4)17-8-6-5-7-9-17;1-8-2-4-9(5-3-8)14(12,13)10-6-7-11/h6-12,14-15,19,21-22,25-27H,13,16-18H2,1-5H3;5-9,14-16,18-20H,10-13H2,1-4H3;2-7H,1H3/t21-,22-,25+,26-,27-;15-,16-,18+,19-,20-,22?;/m11./s1. The fourth-order valence-electron chi connectivity index (χ4n) is 10.6. The normalized spacial score (nSPS) is 25.6. The molecule has 0 N–H and O–H groups in total. The van der Waals surface area contributed by atoms with Crippen molar-refractivity contribution in [3.8, 4) is 0 Å². The summed E-state index contributed by atoms with van der Waals surface area (Å²) in [4.78, 5) is 53.7. The predicted octanol–water partition coefficient (Wildman–Crippen LogP) is 10.9. The topological polar surface area (TPSA) is 177 Å². The Hall–Kier alpha value is -5.71. The predicted molar refractivity (Wildman–Crippen MR) is 292 cm³/mol. The monoisotopic (exact) mass is 1070 g/mol. The van der Waals surface area contributed by atoms with Crippen LogP contribution in [0.1, 0.15) is 128 Å². The summed E-state index contributed by atoms with van der Waals surface area (Å²) >= 11 is 0. The molecule has 16 heteroatoms. The van der Waals surface area contributed by atoms with Gasteiger partial charge in [0.1, 0.15) is 18.2 Å². The summed E-state index contributed by atoms with van der Waals surface area (Å²) in [5.74, 6) is 2.05. The molecule has 8 rings (SSSR count). The van der Waals surface area contributed by atoms with Crippen LogP contribution in [-0.2, 0) is 43.9 Å². The Labute approximate surface area is 446 Å². The molecule has 0 radical (unpaired) electrons. The molecule has 4 fully saturated rings. The second-order valence-electron chi connectivity index (χ2n) is 21.7. The van der Waals surface area contributed by atoms with Crippen molar-refractivity contribution in [3.63, 3.8) is 0 Å². The minimum atomic E-state index is -4.29. The van der Waals surface area contributed by atoms with E-state index in [9.17, 15) is 36.0 Å². The zero-order valence-corrected chi connectivity index (χ0v) is 47.0. The molecule has 2 amide bonds. The van der Waals surface area contributed by atoms with Crippen molar-refractivity contribution in [2.24, 2.45) is 39.9 Å². The Morgan fingerprint density at radius 3 is 1.49 bits per heavy atom. The van der Waals surface area contributed by atoms with Crippen molar-refractivity contribution in [2.75, 3.05) is 13.1 Å². The van der Waals surface area contributed by atoms with Gasteiger partial charge in [0.2, 0.25) is 0 Å². The van der Waals surface area contributed by atoms with E-state index in [2.05, 4.69) is 82.0 Å². The number of amides is 2. The molecule has 75 heavy (non-hydrogen) atoms. The van der Waals surface area contributed by atoms with Crippen molar-refractivity contribution < 1.29 is 45.5 Å². The average Bonchev–Trinajstić information content (AvgIpc) is 4.11. The maximum atomic E-state index is 13.8. The fraction of sp³-hybridized carbons (Fsp3) is 0.508. The molecule has 2 aliphatic heterocycles. The fourth-order valence-corrected chi connectivity index (χ4v) is 13.0. The Bertz CT molecular complexity index is 2790. The molecule has 2 saturated carbocycles. The highest BCUT2D eigenvalue weighted by molar-refractivity contribution is 7.90. The first kappa shape index (κ1) is 58.5. The van der Waals surface area contributed by atoms with Crippen molar-refractivity contribution in [1.82, 2.24) is 14.1 Å². The van der Waals surface area contributed by atoms with Crippen LogP contribution in [0.15, 0.2) is 123 Å². The van der Waals surface area contributed by atoms with Gasteiger partial charge in [-0.25, -0.2) is 22.3 Å². The number of esters is 2. The average molecular weight is 1070 g/mol. The van der Waals surface area contributed by atoms with Gasteiger partial charge in [-0.15, -0.1) is 0 Å². The van der Waals surface area contributed by atoms with E-state index in [1.54, 1.807) is 24.3 Å². The lowest BCUT2D eigenvalue weighted by Crippen LogP contribution is -2.47. The second kappa shape index (κ2) is 25.9. The highest BCUT2D eigenvalue weighted by atomic mass is 32.2. The maximum Gasteiger partial charge on any atom is 0.335 e. The number of sulfonamides is 2. The maximum absolute atomic E-state index is 13.8. The summed E-state index contributed by atoms with van der Waals surface area (Å²) in [5.41, 5.74) is 3.98. The molecule has 4 aromatic carbocycles. The van der Waals surface area contributed by atoms with Crippen molar-refractivity contribution in [3.05, 3.63) is 131 Å². The molecule has 0 spiro atoms. The van der Waals surface area contributed by atoms with Gasteiger partial charge < -0.3 is 14.4 Å². The number of ether oxygens (including phenoxy) is 2. The van der Waals surface area contributed by atoms with Crippen LogP contribution in [-0.4, -0.2) is 98.8 Å². The quantitative estimate of drug-likeness (QED) is 0.0479. The molecule has 0 aromatic heterocycles. The Kier molecular flexibility index (Phi) is 20.2. The SMILES string of the molecule is CC(C)[C@@H]1CC[C@@H](C)C[C@H]1OC(=O)[C@H]1CN1[C@H](C)c1ccccc1.Cc1ccc(S(=O)(=O)N2C(=O)N([C@H](C)c3ccccc3)C[C@@H]2C(=O)O[C@@H]2C[C@H](C)CC[C@H]2C(C)C)cc1.Cc1ccc(S(=O)(=O)N=CC=O)cc1. The number of aryl methyl sites for hydroxylation is 2. The van der Waals surface area contributed by atoms with E-state index < -0.39 is 44.1 Å². The van der Waals surface area contributed by atoms with E-state index in [4.69, 9.17) is 9.47 Å². The van der Waals surface area contributed by atoms with E-state index in [0.717, 1.165) is 59.4 Å². The summed E-state index contributed by atoms with van der Waals surface area (Å²) < 4.78 is 66.2. The largest absolute Gasteiger partial charge is 0.461 e. The van der Waals surface area contributed by atoms with Crippen molar-refractivity contribution in [1.29, 1.82) is 0 Å². The lowest BCUT2D eigenvalue weighted by Gasteiger charge is -2.37. The Morgan fingerprint density at radius 1 is 0.600 bits per heavy atom. The number of hydrogen-bond donors (Lipinski definition) is 0. The highest BCUT2D eigenvalue weighted by Gasteiger charge is 2.52. The number of rotatable bonds is 15. The van der Waals surface area contributed by atoms with E-state index in [-0.39, 0.29) is 52.5 Å². The number of benzene rings is 4. The van der Waals surface area contributed by atoms with Crippen LogP contribution in [0.4, 0.5) is 4.79 Å². The third-order valence-corrected chi connectivity index (χ3v) is 18.5. The van der Waals surface area contributed by atoms with Gasteiger partial charge in [0.05, 0.1) is 28.6 Å². The van der Waals surface area contributed by atoms with Gasteiger partial charge in [-0.05, 0) is 124 Å². The van der Waals surface area contributed by atoms with Gasteiger partial charge in [-0.2, -0.15) is 12.8 Å². The second-order valence-corrected chi connectivity index (χ2v) is 25.2. The van der Waals surface area contributed by atoms with Gasteiger partial charge in [0.15, 0.2) is 12.3 Å². The molecule has 4 aromatic rings. The first-order valence-electron chi connectivity index (χ1n) is 26.5. The first-order valence-corrected chi connectivity index (χ1v) is 29.4. The lowest BCUT2D eigenvalue weighted by atomic mass is 9.75. The molecule has 14 nitrogen and oxygen atoms in total. The molecule has 2 saturated heterocycles.